The van der Waals surface area contributed by atoms with Crippen LogP contribution in [-0.4, -0.2) is 19.1 Å². The predicted octanol–water partition coefficient (Wildman–Crippen LogP) is 3.27. The van der Waals surface area contributed by atoms with E-state index in [2.05, 4.69) is 11.1 Å². The molecule has 0 spiro atoms. The standard InChI is InChI=1S/C23H21N5O2/c1-2-3-13-27-21-19(22(29)26-23(27)30)28(15-17-7-5-4-6-8-17)20(25-21)18-11-9-16(14-24)10-12-18/h4-12H,2-3,13,15H2,1H3,(H,26,29,30). The number of nitrogens with zero attached hydrogens (tertiary/aromatic N) is 4. The molecule has 4 aromatic rings. The van der Waals surface area contributed by atoms with E-state index in [1.165, 1.54) is 4.57 Å². The normalized spacial score (nSPS) is 10.9. The summed E-state index contributed by atoms with van der Waals surface area (Å²) in [5.41, 5.74) is 2.18. The third-order valence-electron chi connectivity index (χ3n) is 5.08. The highest BCUT2D eigenvalue weighted by Gasteiger charge is 2.19. The molecule has 7 heteroatoms. The van der Waals surface area contributed by atoms with Crippen molar-refractivity contribution in [2.24, 2.45) is 0 Å². The Morgan fingerprint density at radius 1 is 1.03 bits per heavy atom. The summed E-state index contributed by atoms with van der Waals surface area (Å²) < 4.78 is 3.38. The summed E-state index contributed by atoms with van der Waals surface area (Å²) in [4.78, 5) is 32.5. The molecule has 4 rings (SSSR count). The molecule has 150 valence electrons. The van der Waals surface area contributed by atoms with Gasteiger partial charge in [0.1, 0.15) is 5.82 Å². The third-order valence-corrected chi connectivity index (χ3v) is 5.08. The topological polar surface area (TPSA) is 96.5 Å². The minimum absolute atomic E-state index is 0.369. The fourth-order valence-electron chi connectivity index (χ4n) is 3.53. The number of aromatic amines is 1. The largest absolute Gasteiger partial charge is 0.330 e. The number of hydrogen-bond donors (Lipinski definition) is 1. The van der Waals surface area contributed by atoms with Gasteiger partial charge in [-0.25, -0.2) is 9.78 Å². The molecule has 0 radical (unpaired) electrons. The highest BCUT2D eigenvalue weighted by molar-refractivity contribution is 5.77. The SMILES string of the molecule is CCCCn1c(=O)[nH]c(=O)c2c1nc(-c1ccc(C#N)cc1)n2Cc1ccccc1. The van der Waals surface area contributed by atoms with Crippen LogP contribution in [0.3, 0.4) is 0 Å². The van der Waals surface area contributed by atoms with E-state index in [9.17, 15) is 9.59 Å². The fourth-order valence-corrected chi connectivity index (χ4v) is 3.53. The van der Waals surface area contributed by atoms with Crippen LogP contribution < -0.4 is 11.2 Å². The first-order valence-corrected chi connectivity index (χ1v) is 9.90. The smallest absolute Gasteiger partial charge is 0.314 e. The van der Waals surface area contributed by atoms with Crippen LogP contribution in [0, 0.1) is 11.3 Å². The predicted molar refractivity (Wildman–Crippen MR) is 115 cm³/mol. The van der Waals surface area contributed by atoms with E-state index >= 15 is 0 Å². The van der Waals surface area contributed by atoms with Crippen molar-refractivity contribution in [3.8, 4) is 17.5 Å². The lowest BCUT2D eigenvalue weighted by Crippen LogP contribution is -2.31. The number of unbranched alkanes of at least 4 members (excludes halogenated alkanes) is 1. The fraction of sp³-hybridized carbons (Fsp3) is 0.217. The Bertz CT molecular complexity index is 1340. The van der Waals surface area contributed by atoms with Gasteiger partial charge in [-0.05, 0) is 36.2 Å². The summed E-state index contributed by atoms with van der Waals surface area (Å²) >= 11 is 0. The molecule has 0 amide bonds. The van der Waals surface area contributed by atoms with Crippen molar-refractivity contribution in [1.82, 2.24) is 19.1 Å². The monoisotopic (exact) mass is 399 g/mol. The average molecular weight is 399 g/mol. The zero-order valence-corrected chi connectivity index (χ0v) is 16.6. The van der Waals surface area contributed by atoms with E-state index in [0.717, 1.165) is 24.0 Å². The van der Waals surface area contributed by atoms with Crippen molar-refractivity contribution in [2.45, 2.75) is 32.9 Å². The number of hydrogen-bond acceptors (Lipinski definition) is 4. The van der Waals surface area contributed by atoms with Crippen molar-refractivity contribution in [1.29, 1.82) is 5.26 Å². The maximum absolute atomic E-state index is 12.8. The van der Waals surface area contributed by atoms with Crippen LogP contribution in [0.4, 0.5) is 0 Å². The quantitative estimate of drug-likeness (QED) is 0.538. The lowest BCUT2D eigenvalue weighted by molar-refractivity contribution is 0.613. The molecule has 30 heavy (non-hydrogen) atoms. The van der Waals surface area contributed by atoms with Gasteiger partial charge in [-0.1, -0.05) is 43.7 Å². The van der Waals surface area contributed by atoms with Crippen LogP contribution in [0.25, 0.3) is 22.6 Å². The molecular formula is C23H21N5O2. The number of nitriles is 1. The van der Waals surface area contributed by atoms with Gasteiger partial charge in [-0.3, -0.25) is 14.3 Å². The third kappa shape index (κ3) is 3.55. The Balaban J connectivity index is 1.99. The first kappa shape index (κ1) is 19.4. The molecule has 2 aromatic heterocycles. The average Bonchev–Trinajstić information content (AvgIpc) is 3.14. The summed E-state index contributed by atoms with van der Waals surface area (Å²) in [5, 5.41) is 9.09. The minimum atomic E-state index is -0.453. The molecule has 2 heterocycles. The van der Waals surface area contributed by atoms with E-state index in [-0.39, 0.29) is 0 Å². The molecule has 0 aliphatic carbocycles. The van der Waals surface area contributed by atoms with Gasteiger partial charge in [0.15, 0.2) is 11.2 Å². The highest BCUT2D eigenvalue weighted by Crippen LogP contribution is 2.24. The maximum Gasteiger partial charge on any atom is 0.330 e. The van der Waals surface area contributed by atoms with Crippen molar-refractivity contribution >= 4 is 11.2 Å². The number of benzene rings is 2. The van der Waals surface area contributed by atoms with Crippen LogP contribution in [-0.2, 0) is 13.1 Å². The molecule has 1 N–H and O–H groups in total. The molecule has 0 unspecified atom stereocenters. The van der Waals surface area contributed by atoms with Gasteiger partial charge in [0.2, 0.25) is 0 Å². The van der Waals surface area contributed by atoms with E-state index in [4.69, 9.17) is 10.2 Å². The molecule has 0 saturated carbocycles. The summed E-state index contributed by atoms with van der Waals surface area (Å²) in [6.07, 6.45) is 1.72. The van der Waals surface area contributed by atoms with Crippen LogP contribution in [0.2, 0.25) is 0 Å². The minimum Gasteiger partial charge on any atom is -0.314 e. The van der Waals surface area contributed by atoms with Gasteiger partial charge in [-0.15, -0.1) is 0 Å². The molecule has 0 bridgehead atoms. The molecule has 0 saturated heterocycles. The zero-order valence-electron chi connectivity index (χ0n) is 16.6. The van der Waals surface area contributed by atoms with E-state index in [0.29, 0.717) is 35.6 Å². The Labute approximate surface area is 172 Å². The number of H-pyrrole nitrogens is 1. The van der Waals surface area contributed by atoms with Crippen LogP contribution >= 0.6 is 0 Å². The van der Waals surface area contributed by atoms with Crippen LogP contribution in [0.15, 0.2) is 64.2 Å². The van der Waals surface area contributed by atoms with Crippen molar-refractivity contribution in [3.63, 3.8) is 0 Å². The molecule has 0 atom stereocenters. The molecular weight excluding hydrogens is 378 g/mol. The second-order valence-corrected chi connectivity index (χ2v) is 7.13. The lowest BCUT2D eigenvalue weighted by atomic mass is 10.1. The number of nitrogens with one attached hydrogen (secondary N) is 1. The maximum atomic E-state index is 12.8. The van der Waals surface area contributed by atoms with Crippen molar-refractivity contribution in [3.05, 3.63) is 86.6 Å². The van der Waals surface area contributed by atoms with Gasteiger partial charge in [0.05, 0.1) is 11.6 Å². The van der Waals surface area contributed by atoms with Crippen LogP contribution in [0.5, 0.6) is 0 Å². The number of imidazole rings is 1. The molecule has 2 aromatic carbocycles. The van der Waals surface area contributed by atoms with Crippen molar-refractivity contribution < 1.29 is 0 Å². The van der Waals surface area contributed by atoms with Crippen LogP contribution in [0.1, 0.15) is 30.9 Å². The summed E-state index contributed by atoms with van der Waals surface area (Å²) in [6.45, 7) is 2.96. The summed E-state index contributed by atoms with van der Waals surface area (Å²) in [6, 6.07) is 18.9. The highest BCUT2D eigenvalue weighted by atomic mass is 16.2. The van der Waals surface area contributed by atoms with Gasteiger partial charge < -0.3 is 4.57 Å². The first-order valence-electron chi connectivity index (χ1n) is 9.90. The Morgan fingerprint density at radius 2 is 1.77 bits per heavy atom. The lowest BCUT2D eigenvalue weighted by Gasteiger charge is -2.10. The second kappa shape index (κ2) is 8.21. The first-order chi connectivity index (χ1) is 14.6. The van der Waals surface area contributed by atoms with Gasteiger partial charge in [0, 0.05) is 18.7 Å². The number of aromatic nitrogens is 4. The number of fused-ring (bicyclic) bond motifs is 1. The second-order valence-electron chi connectivity index (χ2n) is 7.13. The summed E-state index contributed by atoms with van der Waals surface area (Å²) in [5.74, 6) is 0.583. The van der Waals surface area contributed by atoms with Crippen molar-refractivity contribution in [2.75, 3.05) is 0 Å². The van der Waals surface area contributed by atoms with Gasteiger partial charge in [0.25, 0.3) is 5.56 Å². The summed E-state index contributed by atoms with van der Waals surface area (Å²) in [7, 11) is 0. The molecule has 0 aliphatic heterocycles. The molecule has 0 fully saturated rings. The van der Waals surface area contributed by atoms with Gasteiger partial charge in [-0.2, -0.15) is 5.26 Å². The Hall–Kier alpha value is -3.92. The zero-order chi connectivity index (χ0) is 21.1. The van der Waals surface area contributed by atoms with E-state index < -0.39 is 11.2 Å². The Kier molecular flexibility index (Phi) is 5.31. The molecule has 7 nitrogen and oxygen atoms in total. The van der Waals surface area contributed by atoms with Gasteiger partial charge >= 0.3 is 5.69 Å². The number of aryl methyl sites for hydroxylation is 1. The van der Waals surface area contributed by atoms with E-state index in [1.807, 2.05) is 54.0 Å². The Morgan fingerprint density at radius 3 is 2.43 bits per heavy atom. The molecule has 0 aliphatic rings. The number of rotatable bonds is 6. The van der Waals surface area contributed by atoms with E-state index in [1.54, 1.807) is 12.1 Å².